The molecule has 112 valence electrons. The van der Waals surface area contributed by atoms with Crippen LogP contribution in [0.5, 0.6) is 0 Å². The van der Waals surface area contributed by atoms with Gasteiger partial charge in [-0.25, -0.2) is 15.0 Å². The van der Waals surface area contributed by atoms with E-state index in [0.717, 1.165) is 0 Å². The molecule has 1 aromatic carbocycles. The third-order valence-corrected chi connectivity index (χ3v) is 4.10. The number of hydrogen-bond acceptors (Lipinski definition) is 5. The summed E-state index contributed by atoms with van der Waals surface area (Å²) in [5.41, 5.74) is 1.84. The lowest BCUT2D eigenvalue weighted by atomic mass is 10.3. The molecule has 0 bridgehead atoms. The number of amides is 1. The fraction of sp³-hybridized carbons (Fsp3) is 0.0769. The Hall–Kier alpha value is -1.83. The smallest absolute Gasteiger partial charge is 0.234 e. The Morgan fingerprint density at radius 2 is 1.95 bits per heavy atom. The van der Waals surface area contributed by atoms with E-state index < -0.39 is 0 Å². The minimum absolute atomic E-state index is 0.186. The third kappa shape index (κ3) is 3.49. The molecule has 0 fully saturated rings. The number of imidazole rings is 1. The Balaban J connectivity index is 1.66. The normalized spacial score (nSPS) is 10.8. The number of carbonyl (C=O) groups is 1. The van der Waals surface area contributed by atoms with E-state index >= 15 is 0 Å². The molecule has 0 saturated heterocycles. The van der Waals surface area contributed by atoms with E-state index in [1.807, 2.05) is 0 Å². The summed E-state index contributed by atoms with van der Waals surface area (Å²) in [5, 5.41) is 4.33. The highest BCUT2D eigenvalue weighted by atomic mass is 35.5. The number of thioether (sulfide) groups is 1. The number of fused-ring (bicyclic) bond motifs is 1. The molecule has 0 unspecified atom stereocenters. The van der Waals surface area contributed by atoms with Crippen LogP contribution < -0.4 is 5.32 Å². The van der Waals surface area contributed by atoms with Crippen LogP contribution in [0.25, 0.3) is 11.2 Å². The van der Waals surface area contributed by atoms with Crippen LogP contribution in [0.1, 0.15) is 0 Å². The first-order valence-corrected chi connectivity index (χ1v) is 7.89. The largest absolute Gasteiger partial charge is 0.341 e. The average molecular weight is 354 g/mol. The first-order valence-electron chi connectivity index (χ1n) is 6.14. The SMILES string of the molecule is O=C(CSc1ncnc2nc[nH]c12)Nc1cc(Cl)cc(Cl)c1. The van der Waals surface area contributed by atoms with Gasteiger partial charge in [0, 0.05) is 15.7 Å². The zero-order valence-electron chi connectivity index (χ0n) is 11.0. The maximum atomic E-state index is 12.0. The molecule has 0 radical (unpaired) electrons. The van der Waals surface area contributed by atoms with Crippen molar-refractivity contribution >= 4 is 57.7 Å². The maximum Gasteiger partial charge on any atom is 0.234 e. The van der Waals surface area contributed by atoms with Crippen molar-refractivity contribution in [2.24, 2.45) is 0 Å². The molecule has 0 aliphatic rings. The molecule has 9 heteroatoms. The van der Waals surface area contributed by atoms with Gasteiger partial charge in [0.05, 0.1) is 12.1 Å². The van der Waals surface area contributed by atoms with E-state index in [4.69, 9.17) is 23.2 Å². The van der Waals surface area contributed by atoms with Crippen LogP contribution in [-0.4, -0.2) is 31.6 Å². The Kier molecular flexibility index (Phi) is 4.47. The van der Waals surface area contributed by atoms with Gasteiger partial charge in [0.25, 0.3) is 0 Å². The van der Waals surface area contributed by atoms with Gasteiger partial charge in [-0.05, 0) is 18.2 Å². The number of nitrogens with zero attached hydrogens (tertiary/aromatic N) is 3. The van der Waals surface area contributed by atoms with E-state index in [2.05, 4.69) is 25.3 Å². The molecule has 0 spiro atoms. The molecular formula is C13H9Cl2N5OS. The number of halogens is 2. The number of aromatic amines is 1. The summed E-state index contributed by atoms with van der Waals surface area (Å²) in [7, 11) is 0. The Bertz CT molecular complexity index is 818. The van der Waals surface area contributed by atoms with E-state index in [0.29, 0.717) is 31.9 Å². The number of rotatable bonds is 4. The van der Waals surface area contributed by atoms with Gasteiger partial charge in [0.15, 0.2) is 5.65 Å². The van der Waals surface area contributed by atoms with Crippen molar-refractivity contribution in [3.8, 4) is 0 Å². The summed E-state index contributed by atoms with van der Waals surface area (Å²) < 4.78 is 0. The summed E-state index contributed by atoms with van der Waals surface area (Å²) in [6.45, 7) is 0. The molecular weight excluding hydrogens is 345 g/mol. The molecule has 1 amide bonds. The van der Waals surface area contributed by atoms with Gasteiger partial charge in [0.2, 0.25) is 5.91 Å². The van der Waals surface area contributed by atoms with Gasteiger partial charge in [0.1, 0.15) is 16.9 Å². The van der Waals surface area contributed by atoms with E-state index in [9.17, 15) is 4.79 Å². The molecule has 3 aromatic rings. The van der Waals surface area contributed by atoms with Crippen LogP contribution in [0.2, 0.25) is 10.0 Å². The van der Waals surface area contributed by atoms with Crippen LogP contribution in [0.15, 0.2) is 35.9 Å². The van der Waals surface area contributed by atoms with Crippen LogP contribution in [0.3, 0.4) is 0 Å². The van der Waals surface area contributed by atoms with Crippen LogP contribution in [0.4, 0.5) is 5.69 Å². The molecule has 22 heavy (non-hydrogen) atoms. The summed E-state index contributed by atoms with van der Waals surface area (Å²) in [5.74, 6) is 0.00420. The Morgan fingerprint density at radius 1 is 1.18 bits per heavy atom. The number of anilines is 1. The minimum atomic E-state index is -0.186. The van der Waals surface area contributed by atoms with E-state index in [1.165, 1.54) is 24.4 Å². The zero-order chi connectivity index (χ0) is 15.5. The van der Waals surface area contributed by atoms with E-state index in [1.54, 1.807) is 18.2 Å². The van der Waals surface area contributed by atoms with Crippen molar-refractivity contribution in [3.05, 3.63) is 40.9 Å². The van der Waals surface area contributed by atoms with Crippen molar-refractivity contribution in [2.45, 2.75) is 5.03 Å². The number of aromatic nitrogens is 4. The van der Waals surface area contributed by atoms with Crippen LogP contribution in [0, 0.1) is 0 Å². The van der Waals surface area contributed by atoms with Gasteiger partial charge < -0.3 is 10.3 Å². The second-order valence-corrected chi connectivity index (χ2v) is 6.11. The van der Waals surface area contributed by atoms with Crippen molar-refractivity contribution in [2.75, 3.05) is 11.1 Å². The predicted molar refractivity (Wildman–Crippen MR) is 87.5 cm³/mol. The minimum Gasteiger partial charge on any atom is -0.341 e. The molecule has 2 heterocycles. The summed E-state index contributed by atoms with van der Waals surface area (Å²) in [4.78, 5) is 27.2. The molecule has 3 rings (SSSR count). The van der Waals surface area contributed by atoms with Crippen molar-refractivity contribution in [3.63, 3.8) is 0 Å². The fourth-order valence-electron chi connectivity index (χ4n) is 1.81. The van der Waals surface area contributed by atoms with Gasteiger partial charge in [-0.1, -0.05) is 35.0 Å². The Labute approximate surface area is 139 Å². The molecule has 6 nitrogen and oxygen atoms in total. The first kappa shape index (κ1) is 15.1. The van der Waals surface area contributed by atoms with E-state index in [-0.39, 0.29) is 11.7 Å². The molecule has 2 aromatic heterocycles. The highest BCUT2D eigenvalue weighted by molar-refractivity contribution is 8.00. The predicted octanol–water partition coefficient (Wildman–Crippen LogP) is 3.39. The average Bonchev–Trinajstić information content (AvgIpc) is 2.92. The molecule has 0 aliphatic heterocycles. The second-order valence-electron chi connectivity index (χ2n) is 4.27. The number of carbonyl (C=O) groups excluding carboxylic acids is 1. The fourth-order valence-corrected chi connectivity index (χ4v) is 3.09. The van der Waals surface area contributed by atoms with Gasteiger partial charge in [-0.15, -0.1) is 0 Å². The van der Waals surface area contributed by atoms with Crippen molar-refractivity contribution in [1.82, 2.24) is 19.9 Å². The van der Waals surface area contributed by atoms with Gasteiger partial charge in [-0.3, -0.25) is 4.79 Å². The highest BCUT2D eigenvalue weighted by Crippen LogP contribution is 2.24. The lowest BCUT2D eigenvalue weighted by Crippen LogP contribution is -2.14. The first-order chi connectivity index (χ1) is 10.6. The molecule has 0 saturated carbocycles. The lowest BCUT2D eigenvalue weighted by molar-refractivity contribution is -0.113. The zero-order valence-corrected chi connectivity index (χ0v) is 13.3. The van der Waals surface area contributed by atoms with Crippen molar-refractivity contribution in [1.29, 1.82) is 0 Å². The second kappa shape index (κ2) is 6.51. The lowest BCUT2D eigenvalue weighted by Gasteiger charge is -2.06. The number of nitrogens with one attached hydrogen (secondary N) is 2. The molecule has 0 aliphatic carbocycles. The standard InChI is InChI=1S/C13H9Cl2N5OS/c14-7-1-8(15)3-9(2-7)20-10(21)4-22-13-11-12(17-5-16-11)18-6-19-13/h1-3,5-6H,4H2,(H,20,21)(H,16,17,18,19). The number of benzene rings is 1. The van der Waals surface area contributed by atoms with Crippen LogP contribution >= 0.6 is 35.0 Å². The third-order valence-electron chi connectivity index (χ3n) is 2.67. The summed E-state index contributed by atoms with van der Waals surface area (Å²) >= 11 is 13.1. The van der Waals surface area contributed by atoms with Crippen molar-refractivity contribution < 1.29 is 4.79 Å². The van der Waals surface area contributed by atoms with Gasteiger partial charge >= 0.3 is 0 Å². The monoisotopic (exact) mass is 353 g/mol. The number of hydrogen-bond donors (Lipinski definition) is 2. The van der Waals surface area contributed by atoms with Gasteiger partial charge in [-0.2, -0.15) is 0 Å². The maximum absolute atomic E-state index is 12.0. The topological polar surface area (TPSA) is 83.6 Å². The summed E-state index contributed by atoms with van der Waals surface area (Å²) in [6.07, 6.45) is 2.96. The quantitative estimate of drug-likeness (QED) is 0.554. The summed E-state index contributed by atoms with van der Waals surface area (Å²) in [6, 6.07) is 4.87. The Morgan fingerprint density at radius 3 is 2.73 bits per heavy atom. The molecule has 2 N–H and O–H groups in total. The number of H-pyrrole nitrogens is 1. The molecule has 0 atom stereocenters. The van der Waals surface area contributed by atoms with Crippen LogP contribution in [-0.2, 0) is 4.79 Å². The highest BCUT2D eigenvalue weighted by Gasteiger charge is 2.10.